The van der Waals surface area contributed by atoms with Crippen molar-refractivity contribution in [1.29, 1.82) is 0 Å². The molecular formula is C23H19NO3S. The molecule has 0 atom stereocenters. The molecule has 5 heteroatoms. The summed E-state index contributed by atoms with van der Waals surface area (Å²) >= 11 is 1.67. The summed E-state index contributed by atoms with van der Waals surface area (Å²) in [6, 6.07) is 19.5. The Morgan fingerprint density at radius 2 is 2.00 bits per heavy atom. The number of hydrogen-bond donors (Lipinski definition) is 0. The normalized spacial score (nSPS) is 13.8. The molecule has 0 N–H and O–H groups in total. The second-order valence-electron chi connectivity index (χ2n) is 6.25. The van der Waals surface area contributed by atoms with Crippen molar-refractivity contribution in [2.45, 2.75) is 11.6 Å². The number of pyridine rings is 1. The summed E-state index contributed by atoms with van der Waals surface area (Å²) < 4.78 is 10.9. The number of thioether (sulfide) groups is 1. The highest BCUT2D eigenvalue weighted by atomic mass is 32.2. The van der Waals surface area contributed by atoms with E-state index in [2.05, 4.69) is 23.2 Å². The Balaban J connectivity index is 1.76. The van der Waals surface area contributed by atoms with Gasteiger partial charge in [0.2, 0.25) is 0 Å². The Morgan fingerprint density at radius 3 is 2.82 bits per heavy atom. The van der Waals surface area contributed by atoms with E-state index in [1.807, 2.05) is 42.5 Å². The van der Waals surface area contributed by atoms with Crippen LogP contribution in [0.3, 0.4) is 0 Å². The number of fused-ring (bicyclic) bond motifs is 2. The van der Waals surface area contributed by atoms with Crippen LogP contribution in [-0.2, 0) is 11.3 Å². The first-order valence-electron chi connectivity index (χ1n) is 8.94. The number of hydrogen-bond acceptors (Lipinski definition) is 5. The lowest BCUT2D eigenvalue weighted by Gasteiger charge is -2.12. The summed E-state index contributed by atoms with van der Waals surface area (Å²) in [7, 11) is 1.39. The maximum Gasteiger partial charge on any atom is 0.337 e. The van der Waals surface area contributed by atoms with Crippen LogP contribution >= 0.6 is 11.8 Å². The zero-order chi connectivity index (χ0) is 19.3. The number of rotatable bonds is 4. The van der Waals surface area contributed by atoms with Crippen molar-refractivity contribution in [3.8, 4) is 5.75 Å². The Bertz CT molecular complexity index is 1030. The number of benzene rings is 2. The smallest absolute Gasteiger partial charge is 0.337 e. The first-order chi connectivity index (χ1) is 13.8. The number of esters is 1. The molecule has 0 bridgehead atoms. The third-order valence-electron chi connectivity index (χ3n) is 4.54. The third-order valence-corrected chi connectivity index (χ3v) is 5.41. The molecule has 0 fully saturated rings. The van der Waals surface area contributed by atoms with Crippen molar-refractivity contribution >= 4 is 23.3 Å². The Hall–Kier alpha value is -3.05. The van der Waals surface area contributed by atoms with Gasteiger partial charge in [0, 0.05) is 17.5 Å². The predicted octanol–water partition coefficient (Wildman–Crippen LogP) is 4.98. The summed E-state index contributed by atoms with van der Waals surface area (Å²) in [5.74, 6) is 1.16. The van der Waals surface area contributed by atoms with Gasteiger partial charge in [-0.25, -0.2) is 9.78 Å². The van der Waals surface area contributed by atoms with Gasteiger partial charge in [0.15, 0.2) is 0 Å². The third kappa shape index (κ3) is 3.80. The molecule has 0 saturated carbocycles. The van der Waals surface area contributed by atoms with Gasteiger partial charge in [0.05, 0.1) is 17.7 Å². The van der Waals surface area contributed by atoms with Crippen LogP contribution in [0.25, 0.3) is 5.57 Å². The number of carbonyl (C=O) groups is 1. The maximum atomic E-state index is 12.0. The minimum Gasteiger partial charge on any atom is -0.488 e. The molecule has 3 aromatic rings. The molecule has 0 radical (unpaired) electrons. The topological polar surface area (TPSA) is 48.4 Å². The molecule has 2 heterocycles. The molecular weight excluding hydrogens is 370 g/mol. The Morgan fingerprint density at radius 1 is 1.14 bits per heavy atom. The summed E-state index contributed by atoms with van der Waals surface area (Å²) in [6.07, 6.45) is 3.97. The fraction of sp³-hybridized carbons (Fsp3) is 0.130. The van der Waals surface area contributed by atoms with Crippen LogP contribution in [-0.4, -0.2) is 23.8 Å². The average Bonchev–Trinajstić information content (AvgIpc) is 2.91. The van der Waals surface area contributed by atoms with Crippen molar-refractivity contribution in [2.24, 2.45) is 0 Å². The van der Waals surface area contributed by atoms with Gasteiger partial charge in [-0.3, -0.25) is 0 Å². The zero-order valence-corrected chi connectivity index (χ0v) is 16.2. The standard InChI is InChI=1S/C23H19NO3S/c1-26-23(25)16-9-10-21-20(14-16)19(11-13-28-22-8-4-5-12-24-22)18-7-3-2-6-17(18)15-27-21/h2-12,14H,13,15H2,1H3/b19-11+. The van der Waals surface area contributed by atoms with Crippen molar-refractivity contribution in [3.05, 3.63) is 95.2 Å². The Kier molecular flexibility index (Phi) is 5.44. The lowest BCUT2D eigenvalue weighted by Crippen LogP contribution is -2.02. The zero-order valence-electron chi connectivity index (χ0n) is 15.4. The highest BCUT2D eigenvalue weighted by Crippen LogP contribution is 2.37. The van der Waals surface area contributed by atoms with Crippen LogP contribution in [0.1, 0.15) is 27.0 Å². The van der Waals surface area contributed by atoms with E-state index in [-0.39, 0.29) is 5.97 Å². The first-order valence-corrected chi connectivity index (χ1v) is 9.92. The van der Waals surface area contributed by atoms with E-state index in [4.69, 9.17) is 9.47 Å². The lowest BCUT2D eigenvalue weighted by atomic mass is 9.93. The van der Waals surface area contributed by atoms with Gasteiger partial charge in [0.25, 0.3) is 0 Å². The second-order valence-corrected chi connectivity index (χ2v) is 7.29. The summed E-state index contributed by atoms with van der Waals surface area (Å²) in [4.78, 5) is 16.4. The van der Waals surface area contributed by atoms with Gasteiger partial charge < -0.3 is 9.47 Å². The van der Waals surface area contributed by atoms with E-state index in [1.54, 1.807) is 24.0 Å². The van der Waals surface area contributed by atoms with Gasteiger partial charge in [-0.2, -0.15) is 0 Å². The van der Waals surface area contributed by atoms with Crippen molar-refractivity contribution in [3.63, 3.8) is 0 Å². The van der Waals surface area contributed by atoms with Crippen LogP contribution in [0.2, 0.25) is 0 Å². The molecule has 0 aliphatic carbocycles. The molecule has 0 unspecified atom stereocenters. The number of carbonyl (C=O) groups excluding carboxylic acids is 1. The van der Waals surface area contributed by atoms with E-state index < -0.39 is 0 Å². The predicted molar refractivity (Wildman–Crippen MR) is 111 cm³/mol. The van der Waals surface area contributed by atoms with Gasteiger partial charge >= 0.3 is 5.97 Å². The van der Waals surface area contributed by atoms with Crippen LogP contribution in [0.4, 0.5) is 0 Å². The molecule has 4 nitrogen and oxygen atoms in total. The number of ether oxygens (including phenoxy) is 2. The SMILES string of the molecule is COC(=O)c1ccc2c(c1)/C(=C/CSc1ccccn1)c1ccccc1CO2. The van der Waals surface area contributed by atoms with Gasteiger partial charge in [-0.15, -0.1) is 11.8 Å². The van der Waals surface area contributed by atoms with Crippen molar-refractivity contribution < 1.29 is 14.3 Å². The van der Waals surface area contributed by atoms with E-state index in [1.165, 1.54) is 7.11 Å². The van der Waals surface area contributed by atoms with Crippen molar-refractivity contribution in [2.75, 3.05) is 12.9 Å². The van der Waals surface area contributed by atoms with Crippen LogP contribution < -0.4 is 4.74 Å². The Labute approximate surface area is 168 Å². The largest absolute Gasteiger partial charge is 0.488 e. The van der Waals surface area contributed by atoms with Crippen molar-refractivity contribution in [1.82, 2.24) is 4.98 Å². The van der Waals surface area contributed by atoms with Gasteiger partial charge in [0.1, 0.15) is 12.4 Å². The molecule has 140 valence electrons. The first kappa shape index (κ1) is 18.3. The fourth-order valence-corrected chi connectivity index (χ4v) is 3.91. The molecule has 0 saturated heterocycles. The number of aromatic nitrogens is 1. The molecule has 4 rings (SSSR count). The highest BCUT2D eigenvalue weighted by molar-refractivity contribution is 7.99. The minimum absolute atomic E-state index is 0.359. The average molecular weight is 389 g/mol. The van der Waals surface area contributed by atoms with E-state index in [0.29, 0.717) is 12.2 Å². The number of nitrogens with zero attached hydrogens (tertiary/aromatic N) is 1. The van der Waals surface area contributed by atoms with Gasteiger partial charge in [-0.1, -0.05) is 36.4 Å². The molecule has 1 aromatic heterocycles. The van der Waals surface area contributed by atoms with Crippen LogP contribution in [0.15, 0.2) is 78.0 Å². The molecule has 1 aliphatic rings. The summed E-state index contributed by atoms with van der Waals surface area (Å²) in [5, 5.41) is 0.973. The summed E-state index contributed by atoms with van der Waals surface area (Å²) in [5.41, 5.74) is 4.69. The van der Waals surface area contributed by atoms with Gasteiger partial charge in [-0.05, 0) is 47.0 Å². The monoisotopic (exact) mass is 389 g/mol. The van der Waals surface area contributed by atoms with E-state index in [0.717, 1.165) is 38.8 Å². The molecule has 1 aliphatic heterocycles. The van der Waals surface area contributed by atoms with Crippen LogP contribution in [0, 0.1) is 0 Å². The van der Waals surface area contributed by atoms with E-state index in [9.17, 15) is 4.79 Å². The second kappa shape index (κ2) is 8.31. The molecule has 28 heavy (non-hydrogen) atoms. The van der Waals surface area contributed by atoms with Crippen LogP contribution in [0.5, 0.6) is 5.75 Å². The minimum atomic E-state index is -0.359. The molecule has 0 amide bonds. The molecule has 0 spiro atoms. The molecule has 2 aromatic carbocycles. The number of methoxy groups -OCH3 is 1. The fourth-order valence-electron chi connectivity index (χ4n) is 3.18. The maximum absolute atomic E-state index is 12.0. The quantitative estimate of drug-likeness (QED) is 0.465. The highest BCUT2D eigenvalue weighted by Gasteiger charge is 2.20. The van der Waals surface area contributed by atoms with E-state index >= 15 is 0 Å². The lowest BCUT2D eigenvalue weighted by molar-refractivity contribution is 0.0600. The summed E-state index contributed by atoms with van der Waals surface area (Å²) in [6.45, 7) is 0.492.